The molecule has 2 amide bonds. The van der Waals surface area contributed by atoms with E-state index in [2.05, 4.69) is 10.6 Å². The number of rotatable bonds is 7. The first-order valence-corrected chi connectivity index (χ1v) is 9.83. The molecule has 0 aliphatic rings. The third-order valence-corrected chi connectivity index (χ3v) is 4.92. The highest BCUT2D eigenvalue weighted by Gasteiger charge is 2.20. The average Bonchev–Trinajstić information content (AvgIpc) is 2.73. The summed E-state index contributed by atoms with van der Waals surface area (Å²) in [4.78, 5) is 25.3. The van der Waals surface area contributed by atoms with Crippen molar-refractivity contribution in [2.45, 2.75) is 25.9 Å². The zero-order valence-corrected chi connectivity index (χ0v) is 16.9. The van der Waals surface area contributed by atoms with Crippen molar-refractivity contribution in [2.24, 2.45) is 0 Å². The van der Waals surface area contributed by atoms with Gasteiger partial charge >= 0.3 is 0 Å². The van der Waals surface area contributed by atoms with Gasteiger partial charge in [0.2, 0.25) is 5.91 Å². The smallest absolute Gasteiger partial charge is 0.253 e. The van der Waals surface area contributed by atoms with Crippen LogP contribution in [0.15, 0.2) is 78.9 Å². The van der Waals surface area contributed by atoms with Gasteiger partial charge in [-0.2, -0.15) is 0 Å². The van der Waals surface area contributed by atoms with Gasteiger partial charge in [-0.15, -0.1) is 0 Å². The van der Waals surface area contributed by atoms with Gasteiger partial charge in [-0.05, 0) is 30.2 Å². The van der Waals surface area contributed by atoms with Crippen LogP contribution in [0.2, 0.25) is 5.02 Å². The van der Waals surface area contributed by atoms with Gasteiger partial charge in [-0.3, -0.25) is 9.59 Å². The molecule has 3 aromatic rings. The van der Waals surface area contributed by atoms with E-state index in [9.17, 15) is 9.59 Å². The number of nitrogens with one attached hydrogen (secondary N) is 2. The van der Waals surface area contributed by atoms with E-state index >= 15 is 0 Å². The van der Waals surface area contributed by atoms with E-state index in [1.54, 1.807) is 24.3 Å². The Morgan fingerprint density at radius 1 is 0.931 bits per heavy atom. The van der Waals surface area contributed by atoms with Gasteiger partial charge in [0.1, 0.15) is 0 Å². The molecule has 1 atom stereocenters. The number of hydrogen-bond donors (Lipinski definition) is 2. The molecular formula is C24H23ClN2O2. The molecule has 3 rings (SSSR count). The number of carbonyl (C=O) groups excluding carboxylic acids is 2. The standard InChI is InChI=1S/C24H23ClN2O2/c1-17-8-7-9-18(14-17)16-26-23(28)15-22(19-10-3-2-4-11-19)27-24(29)20-12-5-6-13-21(20)25/h2-14,22H,15-16H2,1H3,(H,26,28)(H,27,29). The Bertz CT molecular complexity index is 989. The summed E-state index contributed by atoms with van der Waals surface area (Å²) in [7, 11) is 0. The molecule has 0 bridgehead atoms. The van der Waals surface area contributed by atoms with Crippen molar-refractivity contribution in [3.8, 4) is 0 Å². The molecule has 0 saturated heterocycles. The number of benzene rings is 3. The number of halogens is 1. The Morgan fingerprint density at radius 2 is 1.66 bits per heavy atom. The average molecular weight is 407 g/mol. The van der Waals surface area contributed by atoms with Crippen LogP contribution in [0.4, 0.5) is 0 Å². The summed E-state index contributed by atoms with van der Waals surface area (Å²) in [5.41, 5.74) is 3.43. The van der Waals surface area contributed by atoms with E-state index < -0.39 is 6.04 Å². The van der Waals surface area contributed by atoms with Gasteiger partial charge in [0.15, 0.2) is 0 Å². The molecular weight excluding hydrogens is 384 g/mol. The van der Waals surface area contributed by atoms with Crippen LogP contribution in [0.3, 0.4) is 0 Å². The summed E-state index contributed by atoms with van der Waals surface area (Å²) < 4.78 is 0. The first-order chi connectivity index (χ1) is 14.0. The minimum Gasteiger partial charge on any atom is -0.352 e. The van der Waals surface area contributed by atoms with Crippen LogP contribution in [0, 0.1) is 6.92 Å². The summed E-state index contributed by atoms with van der Waals surface area (Å²) in [6.07, 6.45) is 0.131. The lowest BCUT2D eigenvalue weighted by Gasteiger charge is -2.19. The molecule has 5 heteroatoms. The van der Waals surface area contributed by atoms with Crippen molar-refractivity contribution in [1.29, 1.82) is 0 Å². The quantitative estimate of drug-likeness (QED) is 0.590. The van der Waals surface area contributed by atoms with E-state index in [1.807, 2.05) is 61.5 Å². The van der Waals surface area contributed by atoms with Crippen molar-refractivity contribution < 1.29 is 9.59 Å². The Kier molecular flexibility index (Phi) is 7.04. The lowest BCUT2D eigenvalue weighted by atomic mass is 10.0. The molecule has 2 N–H and O–H groups in total. The van der Waals surface area contributed by atoms with Crippen molar-refractivity contribution in [3.05, 3.63) is 106 Å². The highest BCUT2D eigenvalue weighted by Crippen LogP contribution is 2.20. The van der Waals surface area contributed by atoms with E-state index in [0.29, 0.717) is 17.1 Å². The van der Waals surface area contributed by atoms with Crippen molar-refractivity contribution in [2.75, 3.05) is 0 Å². The van der Waals surface area contributed by atoms with Crippen LogP contribution in [-0.4, -0.2) is 11.8 Å². The minimum atomic E-state index is -0.461. The van der Waals surface area contributed by atoms with Crippen LogP contribution in [0.5, 0.6) is 0 Å². The van der Waals surface area contributed by atoms with Gasteiger partial charge in [-0.1, -0.05) is 83.9 Å². The SMILES string of the molecule is Cc1cccc(CNC(=O)CC(NC(=O)c2ccccc2Cl)c2ccccc2)c1. The van der Waals surface area contributed by atoms with Crippen LogP contribution in [-0.2, 0) is 11.3 Å². The normalized spacial score (nSPS) is 11.5. The Morgan fingerprint density at radius 3 is 2.38 bits per heavy atom. The summed E-state index contributed by atoms with van der Waals surface area (Å²) in [5, 5.41) is 6.25. The predicted octanol–water partition coefficient (Wildman–Crippen LogP) is 4.83. The van der Waals surface area contributed by atoms with Crippen molar-refractivity contribution >= 4 is 23.4 Å². The van der Waals surface area contributed by atoms with E-state index in [4.69, 9.17) is 11.6 Å². The molecule has 0 radical (unpaired) electrons. The maximum Gasteiger partial charge on any atom is 0.253 e. The molecule has 148 valence electrons. The third kappa shape index (κ3) is 5.93. The number of hydrogen-bond acceptors (Lipinski definition) is 2. The first kappa shape index (κ1) is 20.6. The van der Waals surface area contributed by atoms with Crippen LogP contribution in [0.1, 0.15) is 39.5 Å². The van der Waals surface area contributed by atoms with E-state index in [1.165, 1.54) is 0 Å². The molecule has 3 aromatic carbocycles. The second kappa shape index (κ2) is 9.89. The van der Waals surface area contributed by atoms with Gasteiger partial charge in [-0.25, -0.2) is 0 Å². The third-order valence-electron chi connectivity index (χ3n) is 4.59. The van der Waals surface area contributed by atoms with E-state index in [-0.39, 0.29) is 18.2 Å². The Balaban J connectivity index is 1.70. The Hall–Kier alpha value is -3.11. The topological polar surface area (TPSA) is 58.2 Å². The summed E-state index contributed by atoms with van der Waals surface area (Å²) in [6.45, 7) is 2.46. The van der Waals surface area contributed by atoms with Gasteiger partial charge in [0.05, 0.1) is 23.0 Å². The number of carbonyl (C=O) groups is 2. The molecule has 29 heavy (non-hydrogen) atoms. The maximum absolute atomic E-state index is 12.7. The van der Waals surface area contributed by atoms with Crippen LogP contribution < -0.4 is 10.6 Å². The largest absolute Gasteiger partial charge is 0.352 e. The molecule has 0 saturated carbocycles. The molecule has 0 heterocycles. The summed E-state index contributed by atoms with van der Waals surface area (Å²) >= 11 is 6.14. The summed E-state index contributed by atoms with van der Waals surface area (Å²) in [6, 6.07) is 23.8. The highest BCUT2D eigenvalue weighted by molar-refractivity contribution is 6.33. The fourth-order valence-corrected chi connectivity index (χ4v) is 3.32. The monoisotopic (exact) mass is 406 g/mol. The zero-order chi connectivity index (χ0) is 20.6. The first-order valence-electron chi connectivity index (χ1n) is 9.45. The fourth-order valence-electron chi connectivity index (χ4n) is 3.10. The lowest BCUT2D eigenvalue weighted by Crippen LogP contribution is -2.33. The highest BCUT2D eigenvalue weighted by atomic mass is 35.5. The molecule has 1 unspecified atom stereocenters. The second-order valence-electron chi connectivity index (χ2n) is 6.89. The molecule has 0 fully saturated rings. The fraction of sp³-hybridized carbons (Fsp3) is 0.167. The van der Waals surface area contributed by atoms with Crippen molar-refractivity contribution in [1.82, 2.24) is 10.6 Å². The van der Waals surface area contributed by atoms with E-state index in [0.717, 1.165) is 16.7 Å². The summed E-state index contributed by atoms with van der Waals surface area (Å²) in [5.74, 6) is -0.448. The van der Waals surface area contributed by atoms with Crippen molar-refractivity contribution in [3.63, 3.8) is 0 Å². The zero-order valence-electron chi connectivity index (χ0n) is 16.2. The molecule has 0 spiro atoms. The molecule has 4 nitrogen and oxygen atoms in total. The second-order valence-corrected chi connectivity index (χ2v) is 7.29. The molecule has 0 aliphatic heterocycles. The van der Waals surface area contributed by atoms with Gasteiger partial charge in [0.25, 0.3) is 5.91 Å². The van der Waals surface area contributed by atoms with Crippen LogP contribution in [0.25, 0.3) is 0 Å². The number of amides is 2. The molecule has 0 aliphatic carbocycles. The van der Waals surface area contributed by atoms with Gasteiger partial charge in [0, 0.05) is 6.54 Å². The minimum absolute atomic E-state index is 0.131. The Labute approximate surface area is 175 Å². The maximum atomic E-state index is 12.7. The lowest BCUT2D eigenvalue weighted by molar-refractivity contribution is -0.121. The predicted molar refractivity (Wildman–Crippen MR) is 116 cm³/mol. The number of aryl methyl sites for hydroxylation is 1. The van der Waals surface area contributed by atoms with Gasteiger partial charge < -0.3 is 10.6 Å². The van der Waals surface area contributed by atoms with Crippen LogP contribution >= 0.6 is 11.6 Å². The molecule has 0 aromatic heterocycles.